The molecule has 0 aliphatic heterocycles. The van der Waals surface area contributed by atoms with Gasteiger partial charge in [-0.3, -0.25) is 0 Å². The van der Waals surface area contributed by atoms with Gasteiger partial charge in [0.15, 0.2) is 0 Å². The van der Waals surface area contributed by atoms with Gasteiger partial charge in [0.05, 0.1) is 34.2 Å². The van der Waals surface area contributed by atoms with Gasteiger partial charge >= 0.3 is 0 Å². The maximum absolute atomic E-state index is 4.13. The van der Waals surface area contributed by atoms with Crippen LogP contribution in [0.3, 0.4) is 0 Å². The number of hydrogen-bond acceptors (Lipinski definition) is 2. The summed E-state index contributed by atoms with van der Waals surface area (Å²) in [6.45, 7) is 8.24. The fourth-order valence-corrected chi connectivity index (χ4v) is 10.5. The van der Waals surface area contributed by atoms with Gasteiger partial charge in [0.1, 0.15) is 0 Å². The molecule has 2 unspecified atom stereocenters. The van der Waals surface area contributed by atoms with Crippen molar-refractivity contribution in [2.75, 3.05) is 9.80 Å². The van der Waals surface area contributed by atoms with Gasteiger partial charge in [-0.1, -0.05) is 147 Å². The van der Waals surface area contributed by atoms with E-state index < -0.39 is 0 Å². The predicted molar refractivity (Wildman–Crippen MR) is 283 cm³/mol. The number of anilines is 3. The second-order valence-electron chi connectivity index (χ2n) is 17.4. The zero-order chi connectivity index (χ0) is 44.1. The molecule has 0 fully saturated rings. The maximum atomic E-state index is 4.13. The summed E-state index contributed by atoms with van der Waals surface area (Å²) in [5.41, 5.74) is 13.9. The molecule has 12 rings (SSSR count). The first-order valence-corrected chi connectivity index (χ1v) is 23.0. The van der Waals surface area contributed by atoms with E-state index in [0.29, 0.717) is 0 Å². The van der Waals surface area contributed by atoms with E-state index in [4.69, 9.17) is 0 Å². The SMILES string of the molecule is C=Cc1ccc2c(c1)c1cc(N(C3=CCC(N(c4ccc5c(c4)c4cc(C=C)ccc4n5-c4ccccc4)c4cccc5ccccc45)C=C3)C3C=CC=CC3)ccc1n2-c1ccccc1. The van der Waals surface area contributed by atoms with E-state index in [1.807, 2.05) is 12.2 Å². The van der Waals surface area contributed by atoms with Crippen LogP contribution in [-0.4, -0.2) is 21.2 Å². The first kappa shape index (κ1) is 39.3. The number of para-hydroxylation sites is 2. The highest BCUT2D eigenvalue weighted by molar-refractivity contribution is 6.12. The number of fused-ring (bicyclic) bond motifs is 7. The molecule has 4 heteroatoms. The van der Waals surface area contributed by atoms with Crippen LogP contribution in [0.1, 0.15) is 24.0 Å². The molecule has 2 aromatic heterocycles. The summed E-state index contributed by atoms with van der Waals surface area (Å²) in [6.07, 6.45) is 21.9. The first-order chi connectivity index (χ1) is 32.6. The Morgan fingerprint density at radius 3 is 1.55 bits per heavy atom. The summed E-state index contributed by atoms with van der Waals surface area (Å²) in [5.74, 6) is 0. The lowest BCUT2D eigenvalue weighted by Crippen LogP contribution is -2.36. The summed E-state index contributed by atoms with van der Waals surface area (Å²) >= 11 is 0. The molecule has 316 valence electrons. The van der Waals surface area contributed by atoms with E-state index in [-0.39, 0.29) is 12.1 Å². The maximum Gasteiger partial charge on any atom is 0.0561 e. The van der Waals surface area contributed by atoms with E-state index in [9.17, 15) is 0 Å². The Bertz CT molecular complexity index is 3650. The highest BCUT2D eigenvalue weighted by atomic mass is 15.2. The number of aromatic nitrogens is 2. The van der Waals surface area contributed by atoms with Crippen LogP contribution < -0.4 is 9.80 Å². The Kier molecular flexibility index (Phi) is 9.72. The summed E-state index contributed by atoms with van der Waals surface area (Å²) < 4.78 is 4.77. The van der Waals surface area contributed by atoms with Crippen molar-refractivity contribution in [2.24, 2.45) is 0 Å². The molecule has 66 heavy (non-hydrogen) atoms. The van der Waals surface area contributed by atoms with Crippen LogP contribution in [0.15, 0.2) is 237 Å². The number of rotatable bonds is 10. The Labute approximate surface area is 385 Å². The molecule has 2 aliphatic carbocycles. The molecule has 0 spiro atoms. The van der Waals surface area contributed by atoms with Crippen molar-refractivity contribution in [1.82, 2.24) is 9.13 Å². The van der Waals surface area contributed by atoms with Crippen molar-refractivity contribution in [2.45, 2.75) is 24.9 Å². The largest absolute Gasteiger partial charge is 0.334 e. The Balaban J connectivity index is 0.988. The number of hydrogen-bond donors (Lipinski definition) is 0. The fourth-order valence-electron chi connectivity index (χ4n) is 10.5. The van der Waals surface area contributed by atoms with Crippen molar-refractivity contribution in [1.29, 1.82) is 0 Å². The Hall–Kier alpha value is -8.34. The van der Waals surface area contributed by atoms with Crippen LogP contribution in [0, 0.1) is 0 Å². The van der Waals surface area contributed by atoms with E-state index >= 15 is 0 Å². The van der Waals surface area contributed by atoms with Gasteiger partial charge in [-0.25, -0.2) is 0 Å². The quantitative estimate of drug-likeness (QED) is 0.136. The third-order valence-electron chi connectivity index (χ3n) is 13.6. The third-order valence-corrected chi connectivity index (χ3v) is 13.6. The lowest BCUT2D eigenvalue weighted by Gasteiger charge is -2.38. The smallest absolute Gasteiger partial charge is 0.0561 e. The summed E-state index contributed by atoms with van der Waals surface area (Å²) in [7, 11) is 0. The minimum atomic E-state index is 0.0514. The molecule has 2 atom stereocenters. The van der Waals surface area contributed by atoms with Crippen molar-refractivity contribution in [3.63, 3.8) is 0 Å². The van der Waals surface area contributed by atoms with Crippen LogP contribution in [0.25, 0.3) is 77.9 Å². The second-order valence-corrected chi connectivity index (χ2v) is 17.4. The van der Waals surface area contributed by atoms with Crippen LogP contribution in [-0.2, 0) is 0 Å². The van der Waals surface area contributed by atoms with Gasteiger partial charge in [-0.2, -0.15) is 0 Å². The molecule has 2 aliphatic rings. The molecule has 0 saturated heterocycles. The minimum absolute atomic E-state index is 0.0514. The highest BCUT2D eigenvalue weighted by Crippen LogP contribution is 2.43. The zero-order valence-corrected chi connectivity index (χ0v) is 36.7. The minimum Gasteiger partial charge on any atom is -0.334 e. The summed E-state index contributed by atoms with van der Waals surface area (Å²) in [6, 6.07) is 64.4. The van der Waals surface area contributed by atoms with Crippen molar-refractivity contribution in [3.05, 3.63) is 248 Å². The molecule has 4 nitrogen and oxygen atoms in total. The molecular formula is C62H48N4. The van der Waals surface area contributed by atoms with E-state index in [2.05, 4.69) is 251 Å². The normalized spacial score (nSPS) is 15.8. The molecular weight excluding hydrogens is 801 g/mol. The molecule has 0 radical (unpaired) electrons. The summed E-state index contributed by atoms with van der Waals surface area (Å²) in [4.78, 5) is 5.10. The molecule has 10 aromatic rings. The highest BCUT2D eigenvalue weighted by Gasteiger charge is 2.28. The van der Waals surface area contributed by atoms with Gasteiger partial charge < -0.3 is 18.9 Å². The topological polar surface area (TPSA) is 16.3 Å². The van der Waals surface area contributed by atoms with Crippen LogP contribution in [0.5, 0.6) is 0 Å². The average molecular weight is 849 g/mol. The second kappa shape index (κ2) is 16.3. The molecule has 0 bridgehead atoms. The van der Waals surface area contributed by atoms with E-state index in [1.54, 1.807) is 0 Å². The zero-order valence-electron chi connectivity index (χ0n) is 36.7. The van der Waals surface area contributed by atoms with Crippen molar-refractivity contribution >= 4 is 83.6 Å². The molecule has 8 aromatic carbocycles. The van der Waals surface area contributed by atoms with Crippen LogP contribution >= 0.6 is 0 Å². The van der Waals surface area contributed by atoms with Gasteiger partial charge in [-0.05, 0) is 126 Å². The average Bonchev–Trinajstić information content (AvgIpc) is 3.89. The fraction of sp³-hybridized carbons (Fsp3) is 0.0645. The standard InChI is InChI=1S/C62H48N4/c1-3-43-27-35-59-54(39-43)56-41-51(33-37-61(56)65(59)47-21-10-6-11-22-47)63(46-19-8-5-9-20-46)49-29-31-50(32-30-49)64(58-26-16-18-45-17-14-15-25-53(45)58)52-34-38-62-57(42-52)55-40-44(4-2)28-36-60(55)66(62)48-23-12-7-13-24-48/h3-19,21-31,33-42,46,50H,1-2,20,32H2. The Morgan fingerprint density at radius 2 is 0.985 bits per heavy atom. The Morgan fingerprint density at radius 1 is 0.455 bits per heavy atom. The van der Waals surface area contributed by atoms with Crippen molar-refractivity contribution < 1.29 is 0 Å². The molecule has 0 N–H and O–H groups in total. The van der Waals surface area contributed by atoms with E-state index in [1.165, 1.54) is 71.5 Å². The van der Waals surface area contributed by atoms with E-state index in [0.717, 1.165) is 41.0 Å². The van der Waals surface area contributed by atoms with Gasteiger partial charge in [0, 0.05) is 61.1 Å². The van der Waals surface area contributed by atoms with Gasteiger partial charge in [-0.15, -0.1) is 0 Å². The van der Waals surface area contributed by atoms with Crippen LogP contribution in [0.4, 0.5) is 17.1 Å². The molecule has 2 heterocycles. The first-order valence-electron chi connectivity index (χ1n) is 23.0. The molecule has 0 saturated carbocycles. The lowest BCUT2D eigenvalue weighted by molar-refractivity contribution is 0.733. The van der Waals surface area contributed by atoms with Gasteiger partial charge in [0.2, 0.25) is 0 Å². The third kappa shape index (κ3) is 6.61. The number of nitrogens with zero attached hydrogens (tertiary/aromatic N) is 4. The van der Waals surface area contributed by atoms with Crippen LogP contribution in [0.2, 0.25) is 0 Å². The number of allylic oxidation sites excluding steroid dienone is 3. The summed E-state index contributed by atoms with van der Waals surface area (Å²) in [5, 5.41) is 7.31. The van der Waals surface area contributed by atoms with Gasteiger partial charge in [0.25, 0.3) is 0 Å². The predicted octanol–water partition coefficient (Wildman–Crippen LogP) is 16.1. The van der Waals surface area contributed by atoms with Crippen molar-refractivity contribution in [3.8, 4) is 11.4 Å². The monoisotopic (exact) mass is 848 g/mol. The lowest BCUT2D eigenvalue weighted by atomic mass is 9.98. The number of benzene rings is 8. The molecule has 0 amide bonds.